The zero-order chi connectivity index (χ0) is 11.7. The number of benzene rings is 1. The molecule has 1 aliphatic rings. The molecule has 2 unspecified atom stereocenters. The fourth-order valence-corrected chi connectivity index (χ4v) is 2.50. The highest BCUT2D eigenvalue weighted by Crippen LogP contribution is 2.39. The molecule has 2 rings (SSSR count). The second-order valence-electron chi connectivity index (χ2n) is 5.11. The topological polar surface area (TPSA) is 3.24 Å². The van der Waals surface area contributed by atoms with Crippen LogP contribution in [0.3, 0.4) is 0 Å². The lowest BCUT2D eigenvalue weighted by atomic mass is 10.1. The second-order valence-corrected chi connectivity index (χ2v) is 5.38. The summed E-state index contributed by atoms with van der Waals surface area (Å²) in [5.74, 6) is 2.42. The minimum absolute atomic E-state index is 0.602. The number of hydrogen-bond acceptors (Lipinski definition) is 1. The Morgan fingerprint density at radius 3 is 2.62 bits per heavy atom. The first-order valence-electron chi connectivity index (χ1n) is 5.98. The summed E-state index contributed by atoms with van der Waals surface area (Å²) in [6.07, 6.45) is 1.39. The molecule has 0 spiro atoms. The number of anilines is 1. The van der Waals surface area contributed by atoms with Crippen molar-refractivity contribution in [2.24, 2.45) is 11.8 Å². The monoisotopic (exact) mass is 237 g/mol. The Labute approximate surface area is 103 Å². The van der Waals surface area contributed by atoms with Gasteiger partial charge in [-0.25, -0.2) is 0 Å². The molecule has 0 radical (unpaired) electrons. The first-order chi connectivity index (χ1) is 7.61. The minimum atomic E-state index is 0.602. The molecule has 0 bridgehead atoms. The molecule has 1 nitrogen and oxygen atoms in total. The molecule has 88 valence electrons. The van der Waals surface area contributed by atoms with E-state index in [2.05, 4.69) is 44.0 Å². The van der Waals surface area contributed by atoms with Gasteiger partial charge in [0, 0.05) is 25.2 Å². The average Bonchev–Trinajstić information content (AvgIpc) is 2.93. The third kappa shape index (κ3) is 2.52. The number of hydrogen-bond donors (Lipinski definition) is 0. The van der Waals surface area contributed by atoms with Gasteiger partial charge in [-0.3, -0.25) is 0 Å². The van der Waals surface area contributed by atoms with E-state index in [1.54, 1.807) is 0 Å². The van der Waals surface area contributed by atoms with Crippen LogP contribution >= 0.6 is 11.6 Å². The summed E-state index contributed by atoms with van der Waals surface area (Å²) in [6, 6.07) is 6.51. The van der Waals surface area contributed by atoms with E-state index >= 15 is 0 Å². The molecule has 16 heavy (non-hydrogen) atoms. The molecular weight excluding hydrogens is 218 g/mol. The van der Waals surface area contributed by atoms with Crippen LogP contribution < -0.4 is 4.90 Å². The minimum Gasteiger partial charge on any atom is -0.374 e. The highest BCUT2D eigenvalue weighted by Gasteiger charge is 2.33. The summed E-state index contributed by atoms with van der Waals surface area (Å²) in [6.45, 7) is 5.68. The number of halogens is 1. The Morgan fingerprint density at radius 1 is 1.44 bits per heavy atom. The molecular formula is C14H20ClN. The highest BCUT2D eigenvalue weighted by molar-refractivity contribution is 6.17. The van der Waals surface area contributed by atoms with E-state index in [0.717, 1.165) is 11.8 Å². The normalized spacial score (nSPS) is 23.2. The first-order valence-corrected chi connectivity index (χ1v) is 6.52. The van der Waals surface area contributed by atoms with Crippen LogP contribution in [0.4, 0.5) is 5.69 Å². The van der Waals surface area contributed by atoms with Crippen LogP contribution in [0.1, 0.15) is 24.5 Å². The summed E-state index contributed by atoms with van der Waals surface area (Å²) < 4.78 is 0. The van der Waals surface area contributed by atoms with Gasteiger partial charge in [-0.05, 0) is 42.4 Å². The Kier molecular flexibility index (Phi) is 3.44. The Bertz CT molecular complexity index is 375. The van der Waals surface area contributed by atoms with Crippen LogP contribution in [0.2, 0.25) is 0 Å². The lowest BCUT2D eigenvalue weighted by Gasteiger charge is -2.22. The maximum Gasteiger partial charge on any atom is 0.0474 e. The van der Waals surface area contributed by atoms with Gasteiger partial charge in [-0.15, -0.1) is 11.6 Å². The van der Waals surface area contributed by atoms with Gasteiger partial charge in [0.15, 0.2) is 0 Å². The molecule has 0 aromatic heterocycles. The van der Waals surface area contributed by atoms with Crippen molar-refractivity contribution in [2.45, 2.75) is 26.1 Å². The highest BCUT2D eigenvalue weighted by atomic mass is 35.5. The van der Waals surface area contributed by atoms with Crippen molar-refractivity contribution in [1.29, 1.82) is 0 Å². The molecule has 0 amide bonds. The fraction of sp³-hybridized carbons (Fsp3) is 0.571. The molecule has 2 atom stereocenters. The molecule has 2 heteroatoms. The van der Waals surface area contributed by atoms with E-state index in [9.17, 15) is 0 Å². The summed E-state index contributed by atoms with van der Waals surface area (Å²) >= 11 is 5.83. The summed E-state index contributed by atoms with van der Waals surface area (Å²) in [4.78, 5) is 2.38. The maximum absolute atomic E-state index is 5.83. The number of rotatable bonds is 4. The van der Waals surface area contributed by atoms with Crippen LogP contribution in [-0.2, 0) is 5.88 Å². The third-order valence-corrected chi connectivity index (χ3v) is 3.92. The van der Waals surface area contributed by atoms with Gasteiger partial charge in [-0.1, -0.05) is 19.1 Å². The van der Waals surface area contributed by atoms with Gasteiger partial charge in [0.25, 0.3) is 0 Å². The van der Waals surface area contributed by atoms with Crippen LogP contribution in [0.15, 0.2) is 18.2 Å². The predicted molar refractivity (Wildman–Crippen MR) is 71.3 cm³/mol. The quantitative estimate of drug-likeness (QED) is 0.720. The first kappa shape index (κ1) is 11.8. The fourth-order valence-electron chi connectivity index (χ4n) is 2.33. The van der Waals surface area contributed by atoms with Crippen LogP contribution in [-0.4, -0.2) is 13.6 Å². The van der Waals surface area contributed by atoms with Crippen molar-refractivity contribution in [3.05, 3.63) is 29.3 Å². The van der Waals surface area contributed by atoms with Gasteiger partial charge in [0.05, 0.1) is 0 Å². The van der Waals surface area contributed by atoms with E-state index < -0.39 is 0 Å². The number of nitrogens with zero attached hydrogens (tertiary/aromatic N) is 1. The van der Waals surface area contributed by atoms with Crippen LogP contribution in [0.5, 0.6) is 0 Å². The number of alkyl halides is 1. The molecule has 1 aliphatic carbocycles. The molecule has 0 saturated heterocycles. The Balaban J connectivity index is 2.07. The van der Waals surface area contributed by atoms with Crippen LogP contribution in [0, 0.1) is 18.8 Å². The molecule has 1 fully saturated rings. The largest absolute Gasteiger partial charge is 0.374 e. The molecule has 1 aromatic rings. The van der Waals surface area contributed by atoms with Gasteiger partial charge < -0.3 is 4.90 Å². The lowest BCUT2D eigenvalue weighted by molar-refractivity contribution is 0.724. The summed E-state index contributed by atoms with van der Waals surface area (Å²) in [5, 5.41) is 0. The molecule has 0 aliphatic heterocycles. The summed E-state index contributed by atoms with van der Waals surface area (Å²) in [5.41, 5.74) is 3.87. The van der Waals surface area contributed by atoms with Crippen molar-refractivity contribution in [3.63, 3.8) is 0 Å². The van der Waals surface area contributed by atoms with E-state index in [1.165, 1.54) is 29.8 Å². The molecule has 0 N–H and O–H groups in total. The van der Waals surface area contributed by atoms with Crippen molar-refractivity contribution in [1.82, 2.24) is 0 Å². The zero-order valence-corrected chi connectivity index (χ0v) is 11.1. The van der Waals surface area contributed by atoms with E-state index in [4.69, 9.17) is 11.6 Å². The standard InChI is InChI=1S/C14H20ClN/c1-10-7-13(10)9-16(3)14-5-4-12(8-15)6-11(14)2/h4-6,10,13H,7-9H2,1-3H3. The van der Waals surface area contributed by atoms with Crippen molar-refractivity contribution >= 4 is 17.3 Å². The number of aryl methyl sites for hydroxylation is 1. The van der Waals surface area contributed by atoms with E-state index in [0.29, 0.717) is 5.88 Å². The third-order valence-electron chi connectivity index (χ3n) is 3.61. The van der Waals surface area contributed by atoms with E-state index in [-0.39, 0.29) is 0 Å². The van der Waals surface area contributed by atoms with E-state index in [1.807, 2.05) is 0 Å². The maximum atomic E-state index is 5.83. The second kappa shape index (κ2) is 4.67. The Hall–Kier alpha value is -0.690. The van der Waals surface area contributed by atoms with Gasteiger partial charge in [0.1, 0.15) is 0 Å². The van der Waals surface area contributed by atoms with Gasteiger partial charge in [0.2, 0.25) is 0 Å². The van der Waals surface area contributed by atoms with Gasteiger partial charge >= 0.3 is 0 Å². The SMILES string of the molecule is Cc1cc(CCl)ccc1N(C)CC1CC1C. The van der Waals surface area contributed by atoms with Gasteiger partial charge in [-0.2, -0.15) is 0 Å². The average molecular weight is 238 g/mol. The molecule has 1 aromatic carbocycles. The predicted octanol–water partition coefficient (Wildman–Crippen LogP) is 3.83. The lowest BCUT2D eigenvalue weighted by Crippen LogP contribution is -2.21. The summed E-state index contributed by atoms with van der Waals surface area (Å²) in [7, 11) is 2.19. The molecule has 0 heterocycles. The molecule has 1 saturated carbocycles. The van der Waals surface area contributed by atoms with Crippen molar-refractivity contribution < 1.29 is 0 Å². The Morgan fingerprint density at radius 2 is 2.12 bits per heavy atom. The van der Waals surface area contributed by atoms with Crippen molar-refractivity contribution in [2.75, 3.05) is 18.5 Å². The van der Waals surface area contributed by atoms with Crippen LogP contribution in [0.25, 0.3) is 0 Å². The zero-order valence-electron chi connectivity index (χ0n) is 10.3. The van der Waals surface area contributed by atoms with Crippen molar-refractivity contribution in [3.8, 4) is 0 Å². The smallest absolute Gasteiger partial charge is 0.0474 e.